The van der Waals surface area contributed by atoms with Crippen LogP contribution in [0.15, 0.2) is 114 Å². The van der Waals surface area contributed by atoms with Crippen molar-refractivity contribution in [2.45, 2.75) is 76.7 Å². The lowest BCUT2D eigenvalue weighted by Crippen LogP contribution is -2.38. The number of rotatable bonds is 11. The molecule has 0 N–H and O–H groups in total. The number of ketones is 1. The molecule has 342 valence electrons. The molecule has 0 amide bonds. The Hall–Kier alpha value is -6.10. The van der Waals surface area contributed by atoms with Crippen molar-refractivity contribution in [3.8, 4) is 28.7 Å². The third-order valence-electron chi connectivity index (χ3n) is 13.9. The number of halogens is 2. The molecule has 0 radical (unpaired) electrons. The summed E-state index contributed by atoms with van der Waals surface area (Å²) in [5, 5.41) is 0.0646. The predicted molar refractivity (Wildman–Crippen MR) is 262 cm³/mol. The van der Waals surface area contributed by atoms with Crippen LogP contribution in [0.1, 0.15) is 107 Å². The van der Waals surface area contributed by atoms with Crippen molar-refractivity contribution in [2.75, 3.05) is 32.2 Å². The van der Waals surface area contributed by atoms with Crippen LogP contribution in [0.4, 0.5) is 5.69 Å². The highest BCUT2D eigenvalue weighted by molar-refractivity contribution is 9.10. The van der Waals surface area contributed by atoms with Gasteiger partial charge in [-0.3, -0.25) is 9.59 Å². The lowest BCUT2D eigenvalue weighted by atomic mass is 9.66. The zero-order valence-electron chi connectivity index (χ0n) is 38.2. The number of aryl methyl sites for hydroxylation is 2. The molecule has 0 fully saturated rings. The van der Waals surface area contributed by atoms with Gasteiger partial charge in [-0.2, -0.15) is 0 Å². The molecule has 11 heteroatoms. The Morgan fingerprint density at radius 3 is 2.04 bits per heavy atom. The van der Waals surface area contributed by atoms with E-state index >= 15 is 4.79 Å². The molecule has 6 aromatic carbocycles. The fraction of sp³-hybridized carbons (Fsp3) is 0.304. The Morgan fingerprint density at radius 1 is 0.776 bits per heavy atom. The normalized spacial score (nSPS) is 16.8. The van der Waals surface area contributed by atoms with E-state index in [0.29, 0.717) is 39.5 Å². The van der Waals surface area contributed by atoms with E-state index < -0.39 is 28.4 Å². The van der Waals surface area contributed by atoms with E-state index in [0.717, 1.165) is 71.1 Å². The smallest absolute Gasteiger partial charge is 0.340 e. The van der Waals surface area contributed by atoms with E-state index in [-0.39, 0.29) is 41.6 Å². The summed E-state index contributed by atoms with van der Waals surface area (Å²) in [6.45, 7) is 7.24. The molecule has 0 aromatic heterocycles. The Balaban J connectivity index is 1.13. The largest absolute Gasteiger partial charge is 0.497 e. The number of hydrogen-bond donors (Lipinski definition) is 0. The number of Topliss-reactive ketones (excluding diaryl/α,β-unsaturated/α-hetero) is 1. The van der Waals surface area contributed by atoms with Gasteiger partial charge in [-0.25, -0.2) is 4.79 Å². The van der Waals surface area contributed by atoms with Crippen molar-refractivity contribution in [3.05, 3.63) is 174 Å². The number of ether oxygens (including phenoxy) is 5. The number of anilines is 1. The number of carbonyl (C=O) groups is 3. The van der Waals surface area contributed by atoms with E-state index in [1.807, 2.05) is 97.1 Å². The summed E-state index contributed by atoms with van der Waals surface area (Å²) in [5.74, 6) is 1.32. The molecule has 4 aliphatic rings. The maximum Gasteiger partial charge on any atom is 0.340 e. The minimum absolute atomic E-state index is 0.0504. The number of esters is 2. The SMILES string of the molecule is COc1ccc(C(CC(=O)CCc2cc3c(c(Cl)c2OC(=O)C(C)(C)C)Oc2c(cc4c5c2CCCN5CCC4)C32OC(=O)c3ccc(Br)cc32)(c2ccccc2)c2ccc(OC)cc2)cc1. The molecule has 4 aliphatic heterocycles. The van der Waals surface area contributed by atoms with Crippen LogP contribution in [0, 0.1) is 5.41 Å². The van der Waals surface area contributed by atoms with Crippen molar-refractivity contribution < 1.29 is 38.1 Å². The average molecular weight is 981 g/mol. The number of carbonyl (C=O) groups excluding carboxylic acids is 3. The molecule has 4 heterocycles. The lowest BCUT2D eigenvalue weighted by molar-refractivity contribution is -0.143. The van der Waals surface area contributed by atoms with Gasteiger partial charge in [-0.1, -0.05) is 82.1 Å². The topological polar surface area (TPSA) is 101 Å². The number of hydrogen-bond acceptors (Lipinski definition) is 9. The van der Waals surface area contributed by atoms with Crippen LogP contribution in [0.5, 0.6) is 28.7 Å². The maximum atomic E-state index is 15.1. The van der Waals surface area contributed by atoms with Gasteiger partial charge in [-0.15, -0.1) is 0 Å². The summed E-state index contributed by atoms with van der Waals surface area (Å²) in [6, 6.07) is 35.3. The van der Waals surface area contributed by atoms with Gasteiger partial charge < -0.3 is 28.6 Å². The second-order valence-electron chi connectivity index (χ2n) is 18.9. The van der Waals surface area contributed by atoms with Crippen molar-refractivity contribution >= 4 is 50.9 Å². The number of nitrogens with zero attached hydrogens (tertiary/aromatic N) is 1. The first kappa shape index (κ1) is 44.7. The van der Waals surface area contributed by atoms with Crippen molar-refractivity contribution in [2.24, 2.45) is 5.41 Å². The fourth-order valence-electron chi connectivity index (χ4n) is 10.6. The fourth-order valence-corrected chi connectivity index (χ4v) is 11.3. The van der Waals surface area contributed by atoms with Crippen molar-refractivity contribution in [3.63, 3.8) is 0 Å². The molecular formula is C56H51BrClNO8. The molecule has 6 aromatic rings. The molecular weight excluding hydrogens is 930 g/mol. The predicted octanol–water partition coefficient (Wildman–Crippen LogP) is 12.3. The Morgan fingerprint density at radius 2 is 1.40 bits per heavy atom. The highest BCUT2D eigenvalue weighted by Gasteiger charge is 2.56. The van der Waals surface area contributed by atoms with Crippen LogP contribution < -0.4 is 23.8 Å². The van der Waals surface area contributed by atoms with Gasteiger partial charge in [0.1, 0.15) is 28.1 Å². The summed E-state index contributed by atoms with van der Waals surface area (Å²) < 4.78 is 32.0. The van der Waals surface area contributed by atoms with Crippen LogP contribution >= 0.6 is 27.5 Å². The molecule has 10 rings (SSSR count). The van der Waals surface area contributed by atoms with Gasteiger partial charge in [0.05, 0.1) is 30.6 Å². The van der Waals surface area contributed by atoms with E-state index in [2.05, 4.69) is 26.9 Å². The number of fused-ring (bicyclic) bond motifs is 7. The van der Waals surface area contributed by atoms with Gasteiger partial charge in [0.2, 0.25) is 0 Å². The van der Waals surface area contributed by atoms with Crippen molar-refractivity contribution in [1.82, 2.24) is 0 Å². The van der Waals surface area contributed by atoms with Gasteiger partial charge in [-0.05, 0) is 135 Å². The van der Waals surface area contributed by atoms with E-state index in [9.17, 15) is 9.59 Å². The number of benzene rings is 6. The molecule has 0 aliphatic carbocycles. The van der Waals surface area contributed by atoms with Gasteiger partial charge in [0, 0.05) is 58.3 Å². The maximum absolute atomic E-state index is 15.1. The Labute approximate surface area is 404 Å². The summed E-state index contributed by atoms with van der Waals surface area (Å²) in [6.07, 6.45) is 3.88. The van der Waals surface area contributed by atoms with Crippen LogP contribution in [0.25, 0.3) is 0 Å². The number of methoxy groups -OCH3 is 2. The third kappa shape index (κ3) is 7.48. The molecule has 1 unspecified atom stereocenters. The first-order valence-corrected chi connectivity index (χ1v) is 24.0. The van der Waals surface area contributed by atoms with Gasteiger partial charge in [0.25, 0.3) is 0 Å². The Kier molecular flexibility index (Phi) is 11.5. The first-order chi connectivity index (χ1) is 32.3. The molecule has 1 atom stereocenters. The zero-order valence-corrected chi connectivity index (χ0v) is 40.6. The monoisotopic (exact) mass is 979 g/mol. The summed E-state index contributed by atoms with van der Waals surface area (Å²) in [5.41, 5.74) is 5.70. The molecule has 9 nitrogen and oxygen atoms in total. The molecule has 0 bridgehead atoms. The summed E-state index contributed by atoms with van der Waals surface area (Å²) in [7, 11) is 3.26. The van der Waals surface area contributed by atoms with Gasteiger partial charge >= 0.3 is 11.9 Å². The molecule has 67 heavy (non-hydrogen) atoms. The van der Waals surface area contributed by atoms with Crippen LogP contribution in [-0.2, 0) is 44.6 Å². The molecule has 0 saturated carbocycles. The second-order valence-corrected chi connectivity index (χ2v) is 20.2. The lowest BCUT2D eigenvalue weighted by Gasteiger charge is -2.43. The van der Waals surface area contributed by atoms with Crippen LogP contribution in [0.2, 0.25) is 5.02 Å². The van der Waals surface area contributed by atoms with E-state index in [4.69, 9.17) is 35.3 Å². The molecule has 0 saturated heterocycles. The standard InChI is InChI=1S/C56H51BrClNO8/c1-54(2,3)53(62)66-49-34(15-21-39(60)32-55(35-12-7-6-8-13-35,36-16-22-40(63-4)23-17-36)37-18-24-41(64-5)25-19-37)30-46-51(47(49)58)65-50-43-14-10-28-59-27-9-11-33(48(43)59)29-45(50)56(46)44-31-38(57)20-26-42(44)52(61)67-56/h6-8,12-13,16-20,22-26,29-31H,9-11,14-15,21,27-28,32H2,1-5H3. The third-order valence-corrected chi connectivity index (χ3v) is 14.7. The Bertz CT molecular complexity index is 2910. The minimum atomic E-state index is -1.47. The minimum Gasteiger partial charge on any atom is -0.497 e. The quantitative estimate of drug-likeness (QED) is 0.0714. The summed E-state index contributed by atoms with van der Waals surface area (Å²) >= 11 is 11.3. The van der Waals surface area contributed by atoms with E-state index in [1.165, 1.54) is 11.3 Å². The van der Waals surface area contributed by atoms with Gasteiger partial charge in [0.15, 0.2) is 17.1 Å². The second kappa shape index (κ2) is 17.2. The van der Waals surface area contributed by atoms with Crippen LogP contribution in [-0.4, -0.2) is 45.0 Å². The van der Waals surface area contributed by atoms with E-state index in [1.54, 1.807) is 41.1 Å². The highest BCUT2D eigenvalue weighted by atomic mass is 79.9. The van der Waals surface area contributed by atoms with Crippen LogP contribution in [0.3, 0.4) is 0 Å². The highest BCUT2D eigenvalue weighted by Crippen LogP contribution is 2.62. The first-order valence-electron chi connectivity index (χ1n) is 22.9. The summed E-state index contributed by atoms with van der Waals surface area (Å²) in [4.78, 5) is 45.6. The zero-order chi connectivity index (χ0) is 46.8. The average Bonchev–Trinajstić information content (AvgIpc) is 3.62. The molecule has 1 spiro atoms. The van der Waals surface area contributed by atoms with Crippen molar-refractivity contribution in [1.29, 1.82) is 0 Å².